The quantitative estimate of drug-likeness (QED) is 0.660. The largest absolute Gasteiger partial charge is 0.399 e. The molecule has 0 saturated heterocycles. The minimum Gasteiger partial charge on any atom is -0.399 e. The number of carbonyl (C=O) groups excluding carboxylic acids is 1. The number of nitrogens with two attached hydrogens (primary N) is 1. The smallest absolute Gasteiger partial charge is 0.256 e. The number of rotatable bonds is 3. The first-order valence-electron chi connectivity index (χ1n) is 6.49. The van der Waals surface area contributed by atoms with Crippen LogP contribution in [0.4, 0.5) is 11.4 Å². The fourth-order valence-corrected chi connectivity index (χ4v) is 2.12. The van der Waals surface area contributed by atoms with Crippen molar-refractivity contribution < 1.29 is 4.79 Å². The molecule has 2 N–H and O–H groups in total. The average molecular weight is 279 g/mol. The highest BCUT2D eigenvalue weighted by Gasteiger charge is 2.33. The van der Waals surface area contributed by atoms with Gasteiger partial charge in [-0.1, -0.05) is 13.8 Å². The lowest BCUT2D eigenvalue weighted by Gasteiger charge is -2.13. The topological polar surface area (TPSA) is 58.7 Å². The Hall–Kier alpha value is -1.49. The minimum absolute atomic E-state index is 0.0151. The van der Waals surface area contributed by atoms with Crippen LogP contribution in [0, 0.1) is 5.92 Å². The summed E-state index contributed by atoms with van der Waals surface area (Å²) in [7, 11) is 0. The second-order valence-electron chi connectivity index (χ2n) is 4.05. The van der Waals surface area contributed by atoms with Crippen molar-refractivity contribution >= 4 is 35.6 Å². The number of hydrazone groups is 1. The van der Waals surface area contributed by atoms with Crippen molar-refractivity contribution in [2.24, 2.45) is 11.0 Å². The Bertz CT molecular complexity index is 456. The number of carbonyl (C=O) groups is 1. The van der Waals surface area contributed by atoms with E-state index < -0.39 is 0 Å². The number of anilines is 2. The van der Waals surface area contributed by atoms with E-state index in [1.807, 2.05) is 20.8 Å². The van der Waals surface area contributed by atoms with Gasteiger partial charge >= 0.3 is 0 Å². The number of hydrogen-bond donors (Lipinski definition) is 2. The van der Waals surface area contributed by atoms with Crippen LogP contribution in [0.1, 0.15) is 27.2 Å². The number of benzene rings is 1. The molecule has 1 unspecified atom stereocenters. The SMILES string of the molecule is CC.CC1=NN(c2ccc(N)cc2)C(=O)C1CCS. The van der Waals surface area contributed by atoms with Crippen molar-refractivity contribution in [1.29, 1.82) is 0 Å². The van der Waals surface area contributed by atoms with Crippen molar-refractivity contribution in [2.45, 2.75) is 27.2 Å². The zero-order valence-electron chi connectivity index (χ0n) is 11.6. The second kappa shape index (κ2) is 7.19. The summed E-state index contributed by atoms with van der Waals surface area (Å²) in [5, 5.41) is 5.74. The highest BCUT2D eigenvalue weighted by Crippen LogP contribution is 2.26. The molecule has 1 heterocycles. The maximum Gasteiger partial charge on any atom is 0.256 e. The van der Waals surface area contributed by atoms with Crippen molar-refractivity contribution in [3.8, 4) is 0 Å². The summed E-state index contributed by atoms with van der Waals surface area (Å²) in [6, 6.07) is 7.12. The zero-order valence-corrected chi connectivity index (χ0v) is 12.5. The number of amides is 1. The molecule has 1 aromatic carbocycles. The molecule has 0 radical (unpaired) electrons. The molecule has 1 atom stereocenters. The van der Waals surface area contributed by atoms with E-state index in [1.54, 1.807) is 24.3 Å². The van der Waals surface area contributed by atoms with E-state index in [-0.39, 0.29) is 11.8 Å². The first kappa shape index (κ1) is 15.6. The Morgan fingerprint density at radius 3 is 2.42 bits per heavy atom. The summed E-state index contributed by atoms with van der Waals surface area (Å²) in [6.45, 7) is 5.88. The highest BCUT2D eigenvalue weighted by atomic mass is 32.1. The van der Waals surface area contributed by atoms with Gasteiger partial charge in [-0.25, -0.2) is 5.01 Å². The van der Waals surface area contributed by atoms with E-state index in [0.29, 0.717) is 11.4 Å². The molecule has 1 amide bonds. The Morgan fingerprint density at radius 2 is 1.89 bits per heavy atom. The van der Waals surface area contributed by atoms with Gasteiger partial charge in [0.25, 0.3) is 5.91 Å². The first-order valence-corrected chi connectivity index (χ1v) is 7.12. The van der Waals surface area contributed by atoms with Gasteiger partial charge in [0.2, 0.25) is 0 Å². The van der Waals surface area contributed by atoms with Crippen LogP contribution in [0.3, 0.4) is 0 Å². The normalized spacial score (nSPS) is 17.9. The summed E-state index contributed by atoms with van der Waals surface area (Å²) in [5.74, 6) is 0.560. The molecule has 104 valence electrons. The monoisotopic (exact) mass is 279 g/mol. The zero-order chi connectivity index (χ0) is 14.4. The van der Waals surface area contributed by atoms with Crippen LogP contribution in [0.25, 0.3) is 0 Å². The number of hydrogen-bond acceptors (Lipinski definition) is 4. The molecule has 0 aliphatic carbocycles. The van der Waals surface area contributed by atoms with Crippen LogP contribution in [-0.2, 0) is 4.79 Å². The lowest BCUT2D eigenvalue weighted by atomic mass is 10.0. The van der Waals surface area contributed by atoms with E-state index in [1.165, 1.54) is 5.01 Å². The maximum atomic E-state index is 12.1. The summed E-state index contributed by atoms with van der Waals surface area (Å²) in [5.41, 5.74) is 7.89. The number of nitrogens with zero attached hydrogens (tertiary/aromatic N) is 2. The fraction of sp³-hybridized carbons (Fsp3) is 0.429. The third-order valence-corrected chi connectivity index (χ3v) is 3.08. The predicted molar refractivity (Wildman–Crippen MR) is 84.8 cm³/mol. The highest BCUT2D eigenvalue weighted by molar-refractivity contribution is 7.80. The summed E-state index contributed by atoms with van der Waals surface area (Å²) >= 11 is 4.17. The number of nitrogen functional groups attached to an aromatic ring is 1. The third kappa shape index (κ3) is 3.50. The van der Waals surface area contributed by atoms with E-state index >= 15 is 0 Å². The summed E-state index contributed by atoms with van der Waals surface area (Å²) < 4.78 is 0. The van der Waals surface area contributed by atoms with Crippen LogP contribution in [0.5, 0.6) is 0 Å². The van der Waals surface area contributed by atoms with E-state index in [0.717, 1.165) is 17.8 Å². The predicted octanol–water partition coefficient (Wildman–Crippen LogP) is 2.95. The van der Waals surface area contributed by atoms with Gasteiger partial charge in [0.15, 0.2) is 0 Å². The molecule has 0 fully saturated rings. The van der Waals surface area contributed by atoms with Gasteiger partial charge in [0, 0.05) is 11.4 Å². The molecule has 2 rings (SSSR count). The van der Waals surface area contributed by atoms with Gasteiger partial charge < -0.3 is 5.73 Å². The molecule has 19 heavy (non-hydrogen) atoms. The van der Waals surface area contributed by atoms with Gasteiger partial charge in [-0.05, 0) is 43.4 Å². The lowest BCUT2D eigenvalue weighted by molar-refractivity contribution is -0.119. The van der Waals surface area contributed by atoms with Crippen LogP contribution in [0.2, 0.25) is 0 Å². The average Bonchev–Trinajstić information content (AvgIpc) is 2.70. The fourth-order valence-electron chi connectivity index (χ4n) is 1.86. The minimum atomic E-state index is -0.134. The standard InChI is InChI=1S/C12H15N3OS.C2H6/c1-8-11(6-7-17)12(16)15(14-8)10-4-2-9(13)3-5-10;1-2/h2-5,11,17H,6-7,13H2,1H3;1-2H3. The number of thiol groups is 1. The Kier molecular flexibility index (Phi) is 5.89. The van der Waals surface area contributed by atoms with Gasteiger partial charge in [0.05, 0.1) is 11.6 Å². The molecular weight excluding hydrogens is 258 g/mol. The van der Waals surface area contributed by atoms with Crippen molar-refractivity contribution in [3.63, 3.8) is 0 Å². The van der Waals surface area contributed by atoms with E-state index in [9.17, 15) is 4.79 Å². The Labute approximate surface area is 120 Å². The molecule has 1 aliphatic heterocycles. The summed E-state index contributed by atoms with van der Waals surface area (Å²) in [6.07, 6.45) is 0.725. The molecule has 1 aromatic rings. The molecule has 0 saturated carbocycles. The van der Waals surface area contributed by atoms with Crippen molar-refractivity contribution in [2.75, 3.05) is 16.5 Å². The van der Waals surface area contributed by atoms with Gasteiger partial charge in [-0.2, -0.15) is 17.7 Å². The molecular formula is C14H21N3OS. The summed E-state index contributed by atoms with van der Waals surface area (Å²) in [4.78, 5) is 12.1. The van der Waals surface area contributed by atoms with Crippen LogP contribution in [-0.4, -0.2) is 17.4 Å². The van der Waals surface area contributed by atoms with Crippen molar-refractivity contribution in [3.05, 3.63) is 24.3 Å². The molecule has 5 heteroatoms. The first-order chi connectivity index (χ1) is 9.13. The molecule has 0 aromatic heterocycles. The van der Waals surface area contributed by atoms with E-state index in [2.05, 4.69) is 17.7 Å². The van der Waals surface area contributed by atoms with Crippen LogP contribution >= 0.6 is 12.6 Å². The second-order valence-corrected chi connectivity index (χ2v) is 4.50. The molecule has 1 aliphatic rings. The Balaban J connectivity index is 0.000000861. The third-order valence-electron chi connectivity index (χ3n) is 2.82. The molecule has 0 spiro atoms. The maximum absolute atomic E-state index is 12.1. The van der Waals surface area contributed by atoms with Crippen molar-refractivity contribution in [1.82, 2.24) is 0 Å². The molecule has 4 nitrogen and oxygen atoms in total. The van der Waals surface area contributed by atoms with Crippen LogP contribution < -0.4 is 10.7 Å². The van der Waals surface area contributed by atoms with Gasteiger partial charge in [0.1, 0.15) is 0 Å². The molecule has 0 bridgehead atoms. The lowest BCUT2D eigenvalue weighted by Crippen LogP contribution is -2.27. The van der Waals surface area contributed by atoms with E-state index in [4.69, 9.17) is 5.73 Å². The Morgan fingerprint density at radius 1 is 1.32 bits per heavy atom. The van der Waals surface area contributed by atoms with Gasteiger partial charge in [-0.15, -0.1) is 0 Å². The van der Waals surface area contributed by atoms with Crippen LogP contribution in [0.15, 0.2) is 29.4 Å². The van der Waals surface area contributed by atoms with Gasteiger partial charge in [-0.3, -0.25) is 4.79 Å².